The third-order valence-electron chi connectivity index (χ3n) is 4.72. The Morgan fingerprint density at radius 3 is 2.47 bits per heavy atom. The topological polar surface area (TPSA) is 55.6 Å². The molecule has 2 aromatic heterocycles. The molecule has 30 heavy (non-hydrogen) atoms. The van der Waals surface area contributed by atoms with Crippen molar-refractivity contribution in [2.45, 2.75) is 32.6 Å². The van der Waals surface area contributed by atoms with Crippen LogP contribution in [0.15, 0.2) is 60.9 Å². The van der Waals surface area contributed by atoms with Gasteiger partial charge in [-0.3, -0.25) is 0 Å². The first-order chi connectivity index (χ1) is 14.3. The third-order valence-corrected chi connectivity index (χ3v) is 4.72. The van der Waals surface area contributed by atoms with Crippen LogP contribution >= 0.6 is 0 Å². The van der Waals surface area contributed by atoms with E-state index in [4.69, 9.17) is 0 Å². The molecule has 0 aliphatic heterocycles. The molecule has 0 saturated heterocycles. The highest BCUT2D eigenvalue weighted by Gasteiger charge is 2.30. The van der Waals surface area contributed by atoms with Crippen molar-refractivity contribution >= 4 is 17.0 Å². The number of halogens is 3. The van der Waals surface area contributed by atoms with Crippen molar-refractivity contribution in [3.05, 3.63) is 72.1 Å². The van der Waals surface area contributed by atoms with Crippen molar-refractivity contribution < 1.29 is 13.2 Å². The van der Waals surface area contributed by atoms with Crippen molar-refractivity contribution in [1.82, 2.24) is 19.5 Å². The molecule has 0 unspecified atom stereocenters. The van der Waals surface area contributed by atoms with E-state index in [0.29, 0.717) is 28.4 Å². The van der Waals surface area contributed by atoms with E-state index in [0.717, 1.165) is 17.7 Å². The zero-order valence-corrected chi connectivity index (χ0v) is 16.5. The summed E-state index contributed by atoms with van der Waals surface area (Å²) in [4.78, 5) is 13.7. The molecule has 8 heteroatoms. The first-order valence-corrected chi connectivity index (χ1v) is 9.53. The van der Waals surface area contributed by atoms with Gasteiger partial charge in [-0.05, 0) is 31.5 Å². The van der Waals surface area contributed by atoms with Crippen LogP contribution in [0, 0.1) is 0 Å². The average molecular weight is 411 g/mol. The zero-order valence-electron chi connectivity index (χ0n) is 16.5. The molecule has 0 saturated carbocycles. The number of nitrogens with zero attached hydrogens (tertiary/aromatic N) is 4. The minimum absolute atomic E-state index is 0.143. The first kappa shape index (κ1) is 19.9. The van der Waals surface area contributed by atoms with Crippen molar-refractivity contribution in [3.8, 4) is 11.4 Å². The predicted octanol–water partition coefficient (Wildman–Crippen LogP) is 5.71. The molecule has 0 amide bonds. The van der Waals surface area contributed by atoms with E-state index in [1.54, 1.807) is 12.4 Å². The fourth-order valence-electron chi connectivity index (χ4n) is 3.18. The van der Waals surface area contributed by atoms with Gasteiger partial charge >= 0.3 is 6.18 Å². The monoisotopic (exact) mass is 411 g/mol. The minimum Gasteiger partial charge on any atom is -0.364 e. The van der Waals surface area contributed by atoms with Crippen LogP contribution in [0.4, 0.5) is 19.0 Å². The lowest BCUT2D eigenvalue weighted by Gasteiger charge is -2.12. The fraction of sp³-hybridized carbons (Fsp3) is 0.227. The molecule has 0 spiro atoms. The van der Waals surface area contributed by atoms with Crippen LogP contribution in [0.25, 0.3) is 22.6 Å². The minimum atomic E-state index is -4.38. The van der Waals surface area contributed by atoms with Crippen molar-refractivity contribution in [3.63, 3.8) is 0 Å². The summed E-state index contributed by atoms with van der Waals surface area (Å²) in [6, 6.07) is 14.9. The SMILES string of the molecule is CC(C)n1cnc2c(NCc3cccc(C(F)(F)F)c3)nc(-c3ccccc3)nc21. The fourth-order valence-corrected chi connectivity index (χ4v) is 3.18. The largest absolute Gasteiger partial charge is 0.416 e. The average Bonchev–Trinajstić information content (AvgIpc) is 3.17. The molecule has 154 valence electrons. The lowest BCUT2D eigenvalue weighted by molar-refractivity contribution is -0.137. The molecule has 1 N–H and O–H groups in total. The van der Waals surface area contributed by atoms with Crippen LogP contribution in [0.3, 0.4) is 0 Å². The Bertz CT molecular complexity index is 1170. The van der Waals surface area contributed by atoms with E-state index in [2.05, 4.69) is 20.3 Å². The van der Waals surface area contributed by atoms with Gasteiger partial charge in [0.25, 0.3) is 0 Å². The summed E-state index contributed by atoms with van der Waals surface area (Å²) >= 11 is 0. The van der Waals surface area contributed by atoms with Crippen LogP contribution in [0.1, 0.15) is 31.0 Å². The van der Waals surface area contributed by atoms with E-state index in [-0.39, 0.29) is 12.6 Å². The smallest absolute Gasteiger partial charge is 0.364 e. The summed E-state index contributed by atoms with van der Waals surface area (Å²) in [5.41, 5.74) is 1.92. The molecule has 0 aliphatic carbocycles. The summed E-state index contributed by atoms with van der Waals surface area (Å²) in [5.74, 6) is 1.01. The Morgan fingerprint density at radius 1 is 1.00 bits per heavy atom. The molecule has 5 nitrogen and oxygen atoms in total. The van der Waals surface area contributed by atoms with Crippen LogP contribution < -0.4 is 5.32 Å². The molecule has 4 rings (SSSR count). The Labute approximate surface area is 171 Å². The second-order valence-corrected chi connectivity index (χ2v) is 7.23. The Morgan fingerprint density at radius 2 is 1.77 bits per heavy atom. The molecule has 0 aliphatic rings. The second-order valence-electron chi connectivity index (χ2n) is 7.23. The lowest BCUT2D eigenvalue weighted by atomic mass is 10.1. The standard InChI is InChI=1S/C22H20F3N5/c1-14(2)30-13-27-18-20(26-12-15-7-6-10-17(11-15)22(23,24)25)28-19(29-21(18)30)16-8-4-3-5-9-16/h3-11,13-14H,12H2,1-2H3,(H,26,28,29). The number of nitrogens with one attached hydrogen (secondary N) is 1. The van der Waals surface area contributed by atoms with Gasteiger partial charge in [-0.2, -0.15) is 13.2 Å². The Hall–Kier alpha value is -3.42. The van der Waals surface area contributed by atoms with E-state index in [1.165, 1.54) is 6.07 Å². The molecule has 2 aromatic carbocycles. The molecule has 0 fully saturated rings. The van der Waals surface area contributed by atoms with E-state index in [1.807, 2.05) is 48.7 Å². The quantitative estimate of drug-likeness (QED) is 0.457. The van der Waals surface area contributed by atoms with Crippen LogP contribution in [-0.2, 0) is 12.7 Å². The van der Waals surface area contributed by atoms with Crippen LogP contribution in [-0.4, -0.2) is 19.5 Å². The second kappa shape index (κ2) is 7.78. The van der Waals surface area contributed by atoms with Gasteiger partial charge in [0.15, 0.2) is 17.3 Å². The number of hydrogen-bond donors (Lipinski definition) is 1. The molecule has 0 bridgehead atoms. The summed E-state index contributed by atoms with van der Waals surface area (Å²) < 4.78 is 41.0. The number of anilines is 1. The maximum Gasteiger partial charge on any atom is 0.416 e. The van der Waals surface area contributed by atoms with Gasteiger partial charge in [0.1, 0.15) is 5.52 Å². The van der Waals surface area contributed by atoms with Crippen LogP contribution in [0.2, 0.25) is 0 Å². The molecule has 0 atom stereocenters. The van der Waals surface area contributed by atoms with E-state index >= 15 is 0 Å². The highest BCUT2D eigenvalue weighted by molar-refractivity contribution is 5.85. The van der Waals surface area contributed by atoms with Gasteiger partial charge in [-0.15, -0.1) is 0 Å². The summed E-state index contributed by atoms with van der Waals surface area (Å²) in [6.07, 6.45) is -2.68. The number of aromatic nitrogens is 4. The lowest BCUT2D eigenvalue weighted by Crippen LogP contribution is -2.08. The normalized spacial score (nSPS) is 11.9. The zero-order chi connectivity index (χ0) is 21.3. The molecular formula is C22H20F3N5. The van der Waals surface area contributed by atoms with Gasteiger partial charge in [0.05, 0.1) is 11.9 Å². The van der Waals surface area contributed by atoms with E-state index < -0.39 is 11.7 Å². The van der Waals surface area contributed by atoms with Crippen molar-refractivity contribution in [2.24, 2.45) is 0 Å². The van der Waals surface area contributed by atoms with Gasteiger partial charge < -0.3 is 9.88 Å². The Balaban J connectivity index is 1.73. The number of imidazole rings is 1. The number of alkyl halides is 3. The maximum atomic E-state index is 13.0. The summed E-state index contributed by atoms with van der Waals surface area (Å²) in [7, 11) is 0. The third kappa shape index (κ3) is 3.98. The molecule has 4 aromatic rings. The van der Waals surface area contributed by atoms with Gasteiger partial charge in [0.2, 0.25) is 0 Å². The van der Waals surface area contributed by atoms with Gasteiger partial charge in [0, 0.05) is 18.2 Å². The van der Waals surface area contributed by atoms with Gasteiger partial charge in [-0.1, -0.05) is 42.5 Å². The number of fused-ring (bicyclic) bond motifs is 1. The van der Waals surface area contributed by atoms with E-state index in [9.17, 15) is 13.2 Å². The highest BCUT2D eigenvalue weighted by atomic mass is 19.4. The van der Waals surface area contributed by atoms with Crippen molar-refractivity contribution in [2.75, 3.05) is 5.32 Å². The highest BCUT2D eigenvalue weighted by Crippen LogP contribution is 2.30. The first-order valence-electron chi connectivity index (χ1n) is 9.53. The number of rotatable bonds is 5. The Kier molecular flexibility index (Phi) is 5.15. The van der Waals surface area contributed by atoms with Gasteiger partial charge in [-0.25, -0.2) is 15.0 Å². The summed E-state index contributed by atoms with van der Waals surface area (Å²) in [6.45, 7) is 4.24. The van der Waals surface area contributed by atoms with Crippen LogP contribution in [0.5, 0.6) is 0 Å². The number of benzene rings is 2. The van der Waals surface area contributed by atoms with Crippen molar-refractivity contribution in [1.29, 1.82) is 0 Å². The predicted molar refractivity (Wildman–Crippen MR) is 110 cm³/mol. The summed E-state index contributed by atoms with van der Waals surface area (Å²) in [5, 5.41) is 3.15. The number of hydrogen-bond acceptors (Lipinski definition) is 4. The molecule has 2 heterocycles. The maximum absolute atomic E-state index is 13.0. The molecule has 0 radical (unpaired) electrons. The molecular weight excluding hydrogens is 391 g/mol.